The van der Waals surface area contributed by atoms with Gasteiger partial charge in [-0.25, -0.2) is 0 Å². The summed E-state index contributed by atoms with van der Waals surface area (Å²) in [5, 5.41) is 2.90. The highest BCUT2D eigenvalue weighted by molar-refractivity contribution is 6.11. The number of benzene rings is 2. The molecule has 1 aromatic heterocycles. The first kappa shape index (κ1) is 16.7. The molecule has 0 bridgehead atoms. The smallest absolute Gasteiger partial charge is 0.0499 e. The molecule has 0 atom stereocenters. The van der Waals surface area contributed by atoms with Crippen LogP contribution in [0, 0.1) is 0 Å². The quantitative estimate of drug-likeness (QED) is 0.422. The largest absolute Gasteiger partial charge is 0.335 e. The highest BCUT2D eigenvalue weighted by Crippen LogP contribution is 2.50. The molecule has 25 heavy (non-hydrogen) atoms. The minimum absolute atomic E-state index is 0.0594. The normalized spacial score (nSPS) is 19.3. The van der Waals surface area contributed by atoms with E-state index in [0.29, 0.717) is 0 Å². The lowest BCUT2D eigenvalue weighted by molar-refractivity contribution is 0.334. The molecule has 4 rings (SSSR count). The van der Waals surface area contributed by atoms with Gasteiger partial charge in [0.05, 0.1) is 0 Å². The van der Waals surface area contributed by atoms with Crippen LogP contribution in [0.5, 0.6) is 0 Å². The molecule has 1 aliphatic carbocycles. The molecule has 0 saturated heterocycles. The Balaban J connectivity index is 2.27. The molecule has 1 aliphatic rings. The Morgan fingerprint density at radius 3 is 2.12 bits per heavy atom. The average Bonchev–Trinajstić information content (AvgIpc) is 2.85. The molecule has 2 aromatic carbocycles. The molecule has 0 unspecified atom stereocenters. The zero-order chi connectivity index (χ0) is 18.2. The van der Waals surface area contributed by atoms with Gasteiger partial charge in [-0.2, -0.15) is 0 Å². The summed E-state index contributed by atoms with van der Waals surface area (Å²) in [6.07, 6.45) is 2.51. The van der Waals surface area contributed by atoms with E-state index in [0.717, 1.165) is 0 Å². The van der Waals surface area contributed by atoms with Gasteiger partial charge in [-0.1, -0.05) is 52.0 Å². The summed E-state index contributed by atoms with van der Waals surface area (Å²) >= 11 is 0. The maximum Gasteiger partial charge on any atom is 0.0499 e. The average molecular weight is 334 g/mol. The molecule has 1 nitrogen and oxygen atoms in total. The molecule has 3 aromatic rings. The molecule has 0 radical (unpaired) electrons. The minimum atomic E-state index is 0.0594. The van der Waals surface area contributed by atoms with E-state index in [1.807, 2.05) is 0 Å². The van der Waals surface area contributed by atoms with E-state index in [1.54, 1.807) is 11.1 Å². The van der Waals surface area contributed by atoms with Gasteiger partial charge in [0.2, 0.25) is 0 Å². The van der Waals surface area contributed by atoms with Crippen LogP contribution < -0.4 is 0 Å². The van der Waals surface area contributed by atoms with E-state index >= 15 is 0 Å². The second-order valence-corrected chi connectivity index (χ2v) is 10.2. The molecule has 0 fully saturated rings. The summed E-state index contributed by atoms with van der Waals surface area (Å²) in [7, 11) is 0. The van der Waals surface area contributed by atoms with Crippen LogP contribution in [0.2, 0.25) is 0 Å². The van der Waals surface area contributed by atoms with Gasteiger partial charge >= 0.3 is 0 Å². The first-order valence-electron chi connectivity index (χ1n) is 9.62. The summed E-state index contributed by atoms with van der Waals surface area (Å²) in [5.41, 5.74) is 6.41. The van der Waals surface area contributed by atoms with Crippen LogP contribution in [0.15, 0.2) is 36.4 Å². The molecule has 0 spiro atoms. The predicted octanol–water partition coefficient (Wildman–Crippen LogP) is 6.90. The summed E-state index contributed by atoms with van der Waals surface area (Å²) in [6, 6.07) is 13.8. The second-order valence-electron chi connectivity index (χ2n) is 10.2. The summed E-state index contributed by atoms with van der Waals surface area (Å²) in [4.78, 5) is 0. The van der Waals surface area contributed by atoms with Gasteiger partial charge in [-0.15, -0.1) is 0 Å². The number of hydrogen-bond donors (Lipinski definition) is 0. The summed E-state index contributed by atoms with van der Waals surface area (Å²) in [5.74, 6) is 0. The van der Waals surface area contributed by atoms with E-state index in [2.05, 4.69) is 89.4 Å². The highest BCUT2D eigenvalue weighted by atomic mass is 15.0. The van der Waals surface area contributed by atoms with E-state index in [4.69, 9.17) is 0 Å². The predicted molar refractivity (Wildman–Crippen MR) is 110 cm³/mol. The molecular weight excluding hydrogens is 302 g/mol. The number of nitrogens with zero attached hydrogens (tertiary/aromatic N) is 1. The molecule has 1 heteroatoms. The number of aromatic nitrogens is 1. The van der Waals surface area contributed by atoms with Gasteiger partial charge < -0.3 is 4.57 Å². The van der Waals surface area contributed by atoms with E-state index < -0.39 is 0 Å². The third-order valence-corrected chi connectivity index (χ3v) is 6.29. The number of para-hydroxylation sites is 1. The van der Waals surface area contributed by atoms with Crippen molar-refractivity contribution in [3.8, 4) is 0 Å². The molecule has 0 N–H and O–H groups in total. The maximum atomic E-state index is 2.54. The van der Waals surface area contributed by atoms with Crippen molar-refractivity contribution in [2.75, 3.05) is 0 Å². The first-order valence-corrected chi connectivity index (χ1v) is 9.62. The lowest BCUT2D eigenvalue weighted by Crippen LogP contribution is -2.34. The zero-order valence-corrected chi connectivity index (χ0v) is 16.8. The Labute approximate surface area is 152 Å². The number of rotatable bonds is 0. The van der Waals surface area contributed by atoms with Crippen molar-refractivity contribution in [1.82, 2.24) is 4.57 Å². The van der Waals surface area contributed by atoms with Gasteiger partial charge in [-0.05, 0) is 67.7 Å². The van der Waals surface area contributed by atoms with E-state index in [-0.39, 0.29) is 16.4 Å². The third kappa shape index (κ3) is 2.28. The Morgan fingerprint density at radius 2 is 1.44 bits per heavy atom. The fourth-order valence-corrected chi connectivity index (χ4v) is 4.93. The third-order valence-electron chi connectivity index (χ3n) is 6.29. The van der Waals surface area contributed by atoms with Crippen LogP contribution in [-0.4, -0.2) is 4.57 Å². The Kier molecular flexibility index (Phi) is 3.27. The van der Waals surface area contributed by atoms with Crippen molar-refractivity contribution in [1.29, 1.82) is 0 Å². The maximum absolute atomic E-state index is 2.54. The zero-order valence-electron chi connectivity index (χ0n) is 16.8. The van der Waals surface area contributed by atoms with Gasteiger partial charge in [-0.3, -0.25) is 0 Å². The fourth-order valence-electron chi connectivity index (χ4n) is 4.93. The monoisotopic (exact) mass is 333 g/mol. The van der Waals surface area contributed by atoms with Crippen molar-refractivity contribution in [3.05, 3.63) is 47.5 Å². The second kappa shape index (κ2) is 4.90. The topological polar surface area (TPSA) is 4.93 Å². The van der Waals surface area contributed by atoms with Crippen molar-refractivity contribution in [3.63, 3.8) is 0 Å². The molecule has 1 heterocycles. The first-order chi connectivity index (χ1) is 11.5. The fraction of sp³-hybridized carbons (Fsp3) is 0.500. The lowest BCUT2D eigenvalue weighted by Gasteiger charge is -2.42. The van der Waals surface area contributed by atoms with Crippen LogP contribution in [0.4, 0.5) is 0 Å². The Morgan fingerprint density at radius 1 is 0.800 bits per heavy atom. The standard InChI is InChI=1S/C24H31N/c1-22(2,3)25-18-11-9-8-10-16(18)20-19(25)13-12-17-21(20)24(6,7)15-14-23(17,4)5/h8-13H,14-15H2,1-7H3. The minimum Gasteiger partial charge on any atom is -0.335 e. The summed E-state index contributed by atoms with van der Waals surface area (Å²) in [6.45, 7) is 16.6. The Hall–Kier alpha value is -1.76. The number of hydrogen-bond acceptors (Lipinski definition) is 0. The Bertz CT molecular complexity index is 977. The molecule has 0 amide bonds. The van der Waals surface area contributed by atoms with Gasteiger partial charge in [0.25, 0.3) is 0 Å². The molecule has 0 saturated carbocycles. The molecular formula is C24H31N. The van der Waals surface area contributed by atoms with Crippen LogP contribution >= 0.6 is 0 Å². The van der Waals surface area contributed by atoms with E-state index in [1.165, 1.54) is 34.6 Å². The van der Waals surface area contributed by atoms with Crippen LogP contribution in [-0.2, 0) is 16.4 Å². The van der Waals surface area contributed by atoms with E-state index in [9.17, 15) is 0 Å². The van der Waals surface area contributed by atoms with Crippen LogP contribution in [0.25, 0.3) is 21.8 Å². The van der Waals surface area contributed by atoms with Gasteiger partial charge in [0.1, 0.15) is 0 Å². The van der Waals surface area contributed by atoms with Crippen LogP contribution in [0.3, 0.4) is 0 Å². The van der Waals surface area contributed by atoms with Gasteiger partial charge in [0.15, 0.2) is 0 Å². The van der Waals surface area contributed by atoms with Gasteiger partial charge in [0, 0.05) is 27.3 Å². The van der Waals surface area contributed by atoms with Crippen LogP contribution in [0.1, 0.15) is 72.4 Å². The SMILES string of the molecule is CC1(C)CCC(C)(C)c2c1ccc1c2c2ccccc2n1C(C)(C)C. The van der Waals surface area contributed by atoms with Crippen molar-refractivity contribution < 1.29 is 0 Å². The molecule has 132 valence electrons. The van der Waals surface area contributed by atoms with Crippen molar-refractivity contribution in [2.24, 2.45) is 0 Å². The van der Waals surface area contributed by atoms with Crippen molar-refractivity contribution >= 4 is 21.8 Å². The number of fused-ring (bicyclic) bond motifs is 5. The van der Waals surface area contributed by atoms with Crippen molar-refractivity contribution in [2.45, 2.75) is 77.7 Å². The summed E-state index contributed by atoms with van der Waals surface area (Å²) < 4.78 is 2.54. The molecule has 0 aliphatic heterocycles. The lowest BCUT2D eigenvalue weighted by atomic mass is 9.62. The highest BCUT2D eigenvalue weighted by Gasteiger charge is 2.39.